The molecule has 1 fully saturated rings. The molecule has 2 aromatic rings. The number of hydrogen-bond donors (Lipinski definition) is 0. The zero-order valence-electron chi connectivity index (χ0n) is 14.2. The predicted molar refractivity (Wildman–Crippen MR) is 98.5 cm³/mol. The van der Waals surface area contributed by atoms with Gasteiger partial charge >= 0.3 is 0 Å². The molecule has 1 aliphatic heterocycles. The molecule has 2 aromatic carbocycles. The lowest BCUT2D eigenvalue weighted by Gasteiger charge is -2.30. The van der Waals surface area contributed by atoms with Crippen molar-refractivity contribution in [2.24, 2.45) is 0 Å². The first-order chi connectivity index (χ1) is 12.5. The molecule has 0 spiro atoms. The van der Waals surface area contributed by atoms with E-state index in [-0.39, 0.29) is 29.8 Å². The van der Waals surface area contributed by atoms with Gasteiger partial charge in [-0.1, -0.05) is 30.3 Å². The Morgan fingerprint density at radius 2 is 1.77 bits per heavy atom. The second-order valence-corrected chi connectivity index (χ2v) is 7.95. The SMILES string of the molecule is COc1ccc([C@H]2N(C(=O)CCl)CCN2S(=O)(=O)c2ccccc2)cc1. The topological polar surface area (TPSA) is 66.9 Å². The first kappa shape index (κ1) is 18.7. The maximum absolute atomic E-state index is 13.1. The van der Waals surface area contributed by atoms with Crippen molar-refractivity contribution in [1.29, 1.82) is 0 Å². The van der Waals surface area contributed by atoms with E-state index >= 15 is 0 Å². The molecule has 6 nitrogen and oxygen atoms in total. The van der Waals surface area contributed by atoms with Gasteiger partial charge in [-0.25, -0.2) is 8.42 Å². The molecule has 138 valence electrons. The fourth-order valence-corrected chi connectivity index (χ4v) is 4.79. The van der Waals surface area contributed by atoms with Crippen molar-refractivity contribution >= 4 is 27.5 Å². The molecule has 0 saturated carbocycles. The van der Waals surface area contributed by atoms with Gasteiger partial charge in [0, 0.05) is 13.1 Å². The van der Waals surface area contributed by atoms with Crippen molar-refractivity contribution in [3.05, 3.63) is 60.2 Å². The molecular formula is C18H19ClN2O4S. The Balaban J connectivity index is 2.04. The highest BCUT2D eigenvalue weighted by Crippen LogP contribution is 2.35. The Labute approximate surface area is 158 Å². The summed E-state index contributed by atoms with van der Waals surface area (Å²) in [5, 5.41) is 0. The van der Waals surface area contributed by atoms with Crippen molar-refractivity contribution in [3.8, 4) is 5.75 Å². The Bertz CT molecular complexity index is 872. The number of carbonyl (C=O) groups is 1. The molecule has 26 heavy (non-hydrogen) atoms. The molecule has 0 unspecified atom stereocenters. The van der Waals surface area contributed by atoms with E-state index in [0.717, 1.165) is 0 Å². The van der Waals surface area contributed by atoms with Crippen LogP contribution in [0.5, 0.6) is 5.75 Å². The van der Waals surface area contributed by atoms with Crippen LogP contribution in [0.25, 0.3) is 0 Å². The second-order valence-electron chi connectivity index (χ2n) is 5.80. The largest absolute Gasteiger partial charge is 0.497 e. The summed E-state index contributed by atoms with van der Waals surface area (Å²) in [6.45, 7) is 0.491. The third kappa shape index (κ3) is 3.42. The lowest BCUT2D eigenvalue weighted by molar-refractivity contribution is -0.130. The number of rotatable bonds is 5. The fourth-order valence-electron chi connectivity index (χ4n) is 3.05. The Hall–Kier alpha value is -2.09. The number of amides is 1. The molecule has 0 aliphatic carbocycles. The number of methoxy groups -OCH3 is 1. The normalized spacial score (nSPS) is 18.1. The summed E-state index contributed by atoms with van der Waals surface area (Å²) < 4.78 is 32.8. The van der Waals surface area contributed by atoms with Crippen molar-refractivity contribution in [2.75, 3.05) is 26.1 Å². The monoisotopic (exact) mass is 394 g/mol. The van der Waals surface area contributed by atoms with E-state index in [4.69, 9.17) is 16.3 Å². The van der Waals surface area contributed by atoms with Gasteiger partial charge in [-0.3, -0.25) is 4.79 Å². The van der Waals surface area contributed by atoms with Gasteiger partial charge in [-0.15, -0.1) is 11.6 Å². The minimum absolute atomic E-state index is 0.193. The highest BCUT2D eigenvalue weighted by molar-refractivity contribution is 7.89. The number of benzene rings is 2. The van der Waals surface area contributed by atoms with Gasteiger partial charge in [0.25, 0.3) is 0 Å². The minimum atomic E-state index is -3.76. The van der Waals surface area contributed by atoms with Gasteiger partial charge < -0.3 is 9.64 Å². The summed E-state index contributed by atoms with van der Waals surface area (Å²) in [6, 6.07) is 15.2. The van der Waals surface area contributed by atoms with Crippen molar-refractivity contribution in [3.63, 3.8) is 0 Å². The van der Waals surface area contributed by atoms with E-state index in [2.05, 4.69) is 0 Å². The highest BCUT2D eigenvalue weighted by atomic mass is 35.5. The molecule has 0 radical (unpaired) electrons. The third-order valence-electron chi connectivity index (χ3n) is 4.33. The van der Waals surface area contributed by atoms with E-state index in [0.29, 0.717) is 11.3 Å². The average molecular weight is 395 g/mol. The number of sulfonamides is 1. The van der Waals surface area contributed by atoms with E-state index < -0.39 is 16.2 Å². The van der Waals surface area contributed by atoms with Gasteiger partial charge in [-0.2, -0.15) is 4.31 Å². The van der Waals surface area contributed by atoms with E-state index in [1.54, 1.807) is 61.7 Å². The maximum Gasteiger partial charge on any atom is 0.245 e. The van der Waals surface area contributed by atoms with Crippen LogP contribution in [0.15, 0.2) is 59.5 Å². The smallest absolute Gasteiger partial charge is 0.245 e. The van der Waals surface area contributed by atoms with Crippen LogP contribution in [0.2, 0.25) is 0 Å². The molecule has 8 heteroatoms. The Kier molecular flexibility index (Phi) is 5.50. The first-order valence-corrected chi connectivity index (χ1v) is 10.0. The summed E-state index contributed by atoms with van der Waals surface area (Å²) in [5.74, 6) is 0.143. The minimum Gasteiger partial charge on any atom is -0.497 e. The summed E-state index contributed by atoms with van der Waals surface area (Å²) in [7, 11) is -2.21. The number of nitrogens with zero attached hydrogens (tertiary/aromatic N) is 2. The van der Waals surface area contributed by atoms with Crippen LogP contribution in [0, 0.1) is 0 Å². The lowest BCUT2D eigenvalue weighted by Crippen LogP contribution is -2.38. The lowest BCUT2D eigenvalue weighted by atomic mass is 10.1. The molecule has 1 amide bonds. The fraction of sp³-hybridized carbons (Fsp3) is 0.278. The summed E-state index contributed by atoms with van der Waals surface area (Å²) in [6.07, 6.45) is -0.739. The van der Waals surface area contributed by atoms with Crippen LogP contribution in [0.1, 0.15) is 11.7 Å². The van der Waals surface area contributed by atoms with Gasteiger partial charge in [0.2, 0.25) is 15.9 Å². The van der Waals surface area contributed by atoms with Crippen LogP contribution in [-0.4, -0.2) is 49.6 Å². The highest BCUT2D eigenvalue weighted by Gasteiger charge is 2.42. The standard InChI is InChI=1S/C18H19ClN2O4S/c1-25-15-9-7-14(8-10-15)18-20(17(22)13-19)11-12-21(18)26(23,24)16-5-3-2-4-6-16/h2-10,18H,11-13H2,1H3/t18-/m0/s1. The van der Waals surface area contributed by atoms with E-state index in [1.165, 1.54) is 9.21 Å². The number of ether oxygens (including phenoxy) is 1. The van der Waals surface area contributed by atoms with Crippen LogP contribution in [-0.2, 0) is 14.8 Å². The summed E-state index contributed by atoms with van der Waals surface area (Å²) in [4.78, 5) is 14.0. The zero-order chi connectivity index (χ0) is 18.7. The third-order valence-corrected chi connectivity index (χ3v) is 6.42. The molecule has 3 rings (SSSR count). The average Bonchev–Trinajstić information content (AvgIpc) is 3.14. The molecule has 0 N–H and O–H groups in total. The van der Waals surface area contributed by atoms with Gasteiger partial charge in [-0.05, 0) is 29.8 Å². The molecule has 0 aromatic heterocycles. The van der Waals surface area contributed by atoms with Gasteiger partial charge in [0.05, 0.1) is 12.0 Å². The van der Waals surface area contributed by atoms with E-state index in [1.807, 2.05) is 0 Å². The van der Waals surface area contributed by atoms with E-state index in [9.17, 15) is 13.2 Å². The Morgan fingerprint density at radius 3 is 2.35 bits per heavy atom. The molecule has 0 bridgehead atoms. The summed E-state index contributed by atoms with van der Waals surface area (Å²) >= 11 is 5.73. The predicted octanol–water partition coefficient (Wildman–Crippen LogP) is 2.47. The number of halogens is 1. The Morgan fingerprint density at radius 1 is 1.12 bits per heavy atom. The maximum atomic E-state index is 13.1. The van der Waals surface area contributed by atoms with Gasteiger partial charge in [0.1, 0.15) is 17.8 Å². The zero-order valence-corrected chi connectivity index (χ0v) is 15.8. The number of alkyl halides is 1. The first-order valence-electron chi connectivity index (χ1n) is 8.05. The molecule has 1 atom stereocenters. The molecular weight excluding hydrogens is 376 g/mol. The quantitative estimate of drug-likeness (QED) is 0.730. The van der Waals surface area contributed by atoms with Crippen LogP contribution in [0.3, 0.4) is 0 Å². The molecule has 1 heterocycles. The van der Waals surface area contributed by atoms with Crippen molar-refractivity contribution in [1.82, 2.24) is 9.21 Å². The van der Waals surface area contributed by atoms with Gasteiger partial charge in [0.15, 0.2) is 0 Å². The van der Waals surface area contributed by atoms with Crippen molar-refractivity contribution in [2.45, 2.75) is 11.1 Å². The van der Waals surface area contributed by atoms with Crippen LogP contribution in [0.4, 0.5) is 0 Å². The number of hydrogen-bond acceptors (Lipinski definition) is 4. The second kappa shape index (κ2) is 7.65. The number of carbonyl (C=O) groups excluding carboxylic acids is 1. The molecule has 1 saturated heterocycles. The van der Waals surface area contributed by atoms with Crippen molar-refractivity contribution < 1.29 is 17.9 Å². The van der Waals surface area contributed by atoms with Crippen LogP contribution < -0.4 is 4.74 Å². The summed E-state index contributed by atoms with van der Waals surface area (Å²) in [5.41, 5.74) is 0.682. The molecule has 1 aliphatic rings. The van der Waals surface area contributed by atoms with Crippen LogP contribution >= 0.6 is 11.6 Å².